The van der Waals surface area contributed by atoms with Crippen molar-refractivity contribution in [2.45, 2.75) is 25.8 Å². The van der Waals surface area contributed by atoms with E-state index in [1.54, 1.807) is 24.7 Å². The van der Waals surface area contributed by atoms with E-state index in [9.17, 15) is 9.59 Å². The van der Waals surface area contributed by atoms with Crippen molar-refractivity contribution in [3.05, 3.63) is 84.4 Å². The third-order valence-electron chi connectivity index (χ3n) is 4.48. The van der Waals surface area contributed by atoms with Crippen LogP contribution in [0.2, 0.25) is 0 Å². The van der Waals surface area contributed by atoms with Crippen molar-refractivity contribution in [3.63, 3.8) is 0 Å². The summed E-state index contributed by atoms with van der Waals surface area (Å²) in [4.78, 5) is 28.1. The van der Waals surface area contributed by atoms with Crippen LogP contribution in [0, 0.1) is 0 Å². The fourth-order valence-electron chi connectivity index (χ4n) is 2.89. The van der Waals surface area contributed by atoms with Crippen LogP contribution in [0.25, 0.3) is 5.69 Å². The summed E-state index contributed by atoms with van der Waals surface area (Å²) < 4.78 is 1.93. The minimum Gasteiger partial charge on any atom is -0.352 e. The zero-order valence-corrected chi connectivity index (χ0v) is 15.8. The molecule has 0 aliphatic carbocycles. The average Bonchev–Trinajstić information content (AvgIpc) is 3.26. The summed E-state index contributed by atoms with van der Waals surface area (Å²) in [7, 11) is 0. The molecule has 3 rings (SSSR count). The maximum Gasteiger partial charge on any atom is 0.251 e. The minimum atomic E-state index is -0.118. The number of carbonyl (C=O) groups is 2. The van der Waals surface area contributed by atoms with E-state index in [1.165, 1.54) is 0 Å². The van der Waals surface area contributed by atoms with Gasteiger partial charge in [0, 0.05) is 36.6 Å². The quantitative estimate of drug-likeness (QED) is 0.593. The van der Waals surface area contributed by atoms with E-state index in [4.69, 9.17) is 0 Å². The molecule has 0 saturated heterocycles. The van der Waals surface area contributed by atoms with Crippen LogP contribution in [-0.2, 0) is 4.79 Å². The fourth-order valence-corrected chi connectivity index (χ4v) is 2.89. The molecular weight excluding hydrogens is 352 g/mol. The monoisotopic (exact) mass is 376 g/mol. The lowest BCUT2D eigenvalue weighted by molar-refractivity contribution is -0.121. The number of rotatable bonds is 8. The highest BCUT2D eigenvalue weighted by atomic mass is 16.2. The first-order valence-electron chi connectivity index (χ1n) is 9.34. The summed E-state index contributed by atoms with van der Waals surface area (Å²) in [5, 5.41) is 5.83. The molecule has 0 unspecified atom stereocenters. The normalized spacial score (nSPS) is 11.6. The minimum absolute atomic E-state index is 0.0276. The lowest BCUT2D eigenvalue weighted by atomic mass is 10.1. The first kappa shape index (κ1) is 19.4. The van der Waals surface area contributed by atoms with Gasteiger partial charge in [0.05, 0.1) is 12.4 Å². The first-order chi connectivity index (χ1) is 13.6. The van der Waals surface area contributed by atoms with Crippen LogP contribution in [-0.4, -0.2) is 27.9 Å². The van der Waals surface area contributed by atoms with Crippen molar-refractivity contribution in [3.8, 4) is 5.69 Å². The Morgan fingerprint density at radius 1 is 1.07 bits per heavy atom. The van der Waals surface area contributed by atoms with Crippen LogP contribution in [0.4, 0.5) is 0 Å². The molecule has 2 aromatic carbocycles. The molecule has 1 aromatic heterocycles. The van der Waals surface area contributed by atoms with Gasteiger partial charge in [-0.3, -0.25) is 9.59 Å². The Morgan fingerprint density at radius 3 is 2.50 bits per heavy atom. The highest BCUT2D eigenvalue weighted by Crippen LogP contribution is 2.16. The number of carbonyl (C=O) groups excluding carboxylic acids is 2. The van der Waals surface area contributed by atoms with Gasteiger partial charge in [-0.15, -0.1) is 0 Å². The van der Waals surface area contributed by atoms with Gasteiger partial charge in [0.15, 0.2) is 0 Å². The molecule has 0 aliphatic rings. The molecule has 28 heavy (non-hydrogen) atoms. The largest absolute Gasteiger partial charge is 0.352 e. The van der Waals surface area contributed by atoms with E-state index in [2.05, 4.69) is 15.6 Å². The molecule has 1 heterocycles. The number of nitrogens with one attached hydrogen (secondary N) is 2. The second-order valence-corrected chi connectivity index (χ2v) is 6.58. The second-order valence-electron chi connectivity index (χ2n) is 6.58. The number of nitrogens with zero attached hydrogens (tertiary/aromatic N) is 2. The number of hydrogen-bond acceptors (Lipinski definition) is 3. The van der Waals surface area contributed by atoms with Gasteiger partial charge in [0.2, 0.25) is 5.91 Å². The van der Waals surface area contributed by atoms with Crippen LogP contribution in [0.1, 0.15) is 41.7 Å². The Hall–Kier alpha value is -3.41. The molecule has 0 bridgehead atoms. The lowest BCUT2D eigenvalue weighted by Gasteiger charge is -2.15. The topological polar surface area (TPSA) is 76.0 Å². The molecule has 144 valence electrons. The predicted octanol–water partition coefficient (Wildman–Crippen LogP) is 3.26. The third-order valence-corrected chi connectivity index (χ3v) is 4.48. The molecule has 6 nitrogen and oxygen atoms in total. The molecule has 0 fully saturated rings. The standard InChI is InChI=1S/C22H24N4O2/c1-17(18-9-11-20(12-10-18)26-15-14-23-16-26)25-21(27)8-5-13-24-22(28)19-6-3-2-4-7-19/h2-4,6-7,9-12,14-17H,5,8,13H2,1H3,(H,24,28)(H,25,27)/t17-/m1/s1. The second kappa shape index (κ2) is 9.50. The summed E-state index contributed by atoms with van der Waals surface area (Å²) in [5.41, 5.74) is 2.68. The van der Waals surface area contributed by atoms with Crippen LogP contribution < -0.4 is 10.6 Å². The van der Waals surface area contributed by atoms with Crippen LogP contribution in [0.5, 0.6) is 0 Å². The van der Waals surface area contributed by atoms with Crippen molar-refractivity contribution >= 4 is 11.8 Å². The van der Waals surface area contributed by atoms with E-state index in [-0.39, 0.29) is 17.9 Å². The Morgan fingerprint density at radius 2 is 1.82 bits per heavy atom. The Labute approximate surface area is 164 Å². The molecule has 2 N–H and O–H groups in total. The zero-order chi connectivity index (χ0) is 19.8. The highest BCUT2D eigenvalue weighted by Gasteiger charge is 2.10. The molecular formula is C22H24N4O2. The molecule has 0 spiro atoms. The number of imidazole rings is 1. The van der Waals surface area contributed by atoms with E-state index in [1.807, 2.05) is 60.2 Å². The third kappa shape index (κ3) is 5.30. The van der Waals surface area contributed by atoms with Crippen molar-refractivity contribution < 1.29 is 9.59 Å². The summed E-state index contributed by atoms with van der Waals surface area (Å²) in [5.74, 6) is -0.146. The molecule has 0 saturated carbocycles. The number of hydrogen-bond donors (Lipinski definition) is 2. The summed E-state index contributed by atoms with van der Waals surface area (Å²) in [6.07, 6.45) is 6.33. The van der Waals surface area contributed by atoms with Crippen LogP contribution in [0.3, 0.4) is 0 Å². The van der Waals surface area contributed by atoms with E-state index in [0.717, 1.165) is 11.3 Å². The van der Waals surface area contributed by atoms with Gasteiger partial charge in [-0.25, -0.2) is 4.98 Å². The molecule has 6 heteroatoms. The van der Waals surface area contributed by atoms with Crippen LogP contribution >= 0.6 is 0 Å². The van der Waals surface area contributed by atoms with Crippen molar-refractivity contribution in [1.29, 1.82) is 0 Å². The molecule has 1 atom stereocenters. The Bertz CT molecular complexity index is 890. The highest BCUT2D eigenvalue weighted by molar-refractivity contribution is 5.94. The number of aromatic nitrogens is 2. The molecule has 2 amide bonds. The predicted molar refractivity (Wildman–Crippen MR) is 108 cm³/mol. The maximum atomic E-state index is 12.2. The zero-order valence-electron chi connectivity index (χ0n) is 15.8. The van der Waals surface area contributed by atoms with Crippen molar-refractivity contribution in [2.75, 3.05) is 6.54 Å². The van der Waals surface area contributed by atoms with Crippen LogP contribution in [0.15, 0.2) is 73.3 Å². The first-order valence-corrected chi connectivity index (χ1v) is 9.34. The molecule has 3 aromatic rings. The summed E-state index contributed by atoms with van der Waals surface area (Å²) in [6.45, 7) is 2.43. The Balaban J connectivity index is 1.40. The molecule has 0 aliphatic heterocycles. The number of amides is 2. The van der Waals surface area contributed by atoms with E-state index >= 15 is 0 Å². The molecule has 0 radical (unpaired) electrons. The van der Waals surface area contributed by atoms with Gasteiger partial charge < -0.3 is 15.2 Å². The smallest absolute Gasteiger partial charge is 0.251 e. The number of benzene rings is 2. The average molecular weight is 376 g/mol. The van der Waals surface area contributed by atoms with Gasteiger partial charge in [-0.1, -0.05) is 30.3 Å². The van der Waals surface area contributed by atoms with Gasteiger partial charge in [0.1, 0.15) is 0 Å². The Kier molecular flexibility index (Phi) is 6.57. The van der Waals surface area contributed by atoms with E-state index < -0.39 is 0 Å². The lowest BCUT2D eigenvalue weighted by Crippen LogP contribution is -2.29. The van der Waals surface area contributed by atoms with Gasteiger partial charge in [-0.2, -0.15) is 0 Å². The summed E-state index contributed by atoms with van der Waals surface area (Å²) in [6, 6.07) is 17.0. The summed E-state index contributed by atoms with van der Waals surface area (Å²) >= 11 is 0. The maximum absolute atomic E-state index is 12.2. The van der Waals surface area contributed by atoms with Crippen molar-refractivity contribution in [2.24, 2.45) is 0 Å². The van der Waals surface area contributed by atoms with Crippen molar-refractivity contribution in [1.82, 2.24) is 20.2 Å². The van der Waals surface area contributed by atoms with Gasteiger partial charge in [-0.05, 0) is 43.2 Å². The SMILES string of the molecule is C[C@@H](NC(=O)CCCNC(=O)c1ccccc1)c1ccc(-n2ccnc2)cc1. The van der Waals surface area contributed by atoms with Gasteiger partial charge >= 0.3 is 0 Å². The van der Waals surface area contributed by atoms with E-state index in [0.29, 0.717) is 24.9 Å². The fraction of sp³-hybridized carbons (Fsp3) is 0.227. The van der Waals surface area contributed by atoms with Gasteiger partial charge in [0.25, 0.3) is 5.91 Å².